The van der Waals surface area contributed by atoms with Crippen LogP contribution in [-0.2, 0) is 5.41 Å². The third-order valence-corrected chi connectivity index (χ3v) is 3.42. The van der Waals surface area contributed by atoms with E-state index < -0.39 is 0 Å². The second-order valence-corrected chi connectivity index (χ2v) is 6.76. The maximum absolute atomic E-state index is 4.88. The lowest BCUT2D eigenvalue weighted by Gasteiger charge is -2.19. The lowest BCUT2D eigenvalue weighted by atomic mass is 9.88. The molecule has 0 aliphatic rings. The normalized spacial score (nSPS) is 12.4. The van der Waals surface area contributed by atoms with E-state index in [0.717, 1.165) is 5.65 Å². The minimum absolute atomic E-state index is 0.0733. The molecule has 3 nitrogen and oxygen atoms in total. The number of anilines is 1. The Balaban J connectivity index is 2.73. The van der Waals surface area contributed by atoms with Gasteiger partial charge in [0.15, 0.2) is 0 Å². The topological polar surface area (TPSA) is 20.5 Å². The molecule has 0 saturated heterocycles. The van der Waals surface area contributed by atoms with Gasteiger partial charge in [0.2, 0.25) is 0 Å². The van der Waals surface area contributed by atoms with Gasteiger partial charge in [-0.15, -0.1) is 0 Å². The van der Waals surface area contributed by atoms with Crippen molar-refractivity contribution in [2.45, 2.75) is 46.0 Å². The summed E-state index contributed by atoms with van der Waals surface area (Å²) >= 11 is 0. The van der Waals surface area contributed by atoms with Gasteiger partial charge in [0.05, 0.1) is 5.69 Å². The molecule has 2 rings (SSSR count). The van der Waals surface area contributed by atoms with E-state index in [4.69, 9.17) is 4.98 Å². The van der Waals surface area contributed by atoms with Gasteiger partial charge in [-0.05, 0) is 12.0 Å². The molecule has 0 unspecified atom stereocenters. The first-order valence-electron chi connectivity index (χ1n) is 6.91. The second kappa shape index (κ2) is 4.55. The Morgan fingerprint density at radius 3 is 2.32 bits per heavy atom. The van der Waals surface area contributed by atoms with Crippen molar-refractivity contribution in [2.24, 2.45) is 0 Å². The van der Waals surface area contributed by atoms with Crippen LogP contribution in [0.1, 0.15) is 51.9 Å². The van der Waals surface area contributed by atoms with Crippen LogP contribution in [0.2, 0.25) is 0 Å². The number of nitrogens with zero attached hydrogens (tertiary/aromatic N) is 3. The Labute approximate surface area is 116 Å². The summed E-state index contributed by atoms with van der Waals surface area (Å²) in [6.45, 7) is 11.2. The van der Waals surface area contributed by atoms with Crippen LogP contribution < -0.4 is 4.90 Å². The average Bonchev–Trinajstić information content (AvgIpc) is 2.66. The van der Waals surface area contributed by atoms with E-state index in [0.29, 0.717) is 5.92 Å². The monoisotopic (exact) mass is 259 g/mol. The molecule has 0 aliphatic heterocycles. The molecule has 2 heterocycles. The number of pyridine rings is 1. The fourth-order valence-electron chi connectivity index (χ4n) is 2.43. The summed E-state index contributed by atoms with van der Waals surface area (Å²) < 4.78 is 2.23. The molecular weight excluding hydrogens is 234 g/mol. The molecule has 0 bridgehead atoms. The zero-order valence-electron chi connectivity index (χ0n) is 13.2. The highest BCUT2D eigenvalue weighted by molar-refractivity contribution is 5.57. The fraction of sp³-hybridized carbons (Fsp3) is 0.562. The Morgan fingerprint density at radius 2 is 1.84 bits per heavy atom. The SMILES string of the molecule is CC(C)c1c(C(C)(C)C)nc2cc(N(C)C)ccn12. The molecule has 0 N–H and O–H groups in total. The lowest BCUT2D eigenvalue weighted by Crippen LogP contribution is -2.15. The summed E-state index contributed by atoms with van der Waals surface area (Å²) in [6, 6.07) is 4.30. The highest BCUT2D eigenvalue weighted by Crippen LogP contribution is 2.31. The zero-order chi connectivity index (χ0) is 14.4. The molecule has 0 amide bonds. The fourth-order valence-corrected chi connectivity index (χ4v) is 2.43. The number of aromatic nitrogens is 2. The summed E-state index contributed by atoms with van der Waals surface area (Å²) in [5, 5.41) is 0. The molecule has 0 radical (unpaired) electrons. The molecule has 0 aliphatic carbocycles. The molecule has 104 valence electrons. The van der Waals surface area contributed by atoms with E-state index in [1.54, 1.807) is 0 Å². The maximum Gasteiger partial charge on any atom is 0.139 e. The van der Waals surface area contributed by atoms with E-state index in [1.165, 1.54) is 17.1 Å². The van der Waals surface area contributed by atoms with Crippen LogP contribution in [-0.4, -0.2) is 23.5 Å². The van der Waals surface area contributed by atoms with Crippen molar-refractivity contribution in [1.29, 1.82) is 0 Å². The predicted octanol–water partition coefficient (Wildman–Crippen LogP) is 3.82. The van der Waals surface area contributed by atoms with Crippen molar-refractivity contribution in [3.05, 3.63) is 29.7 Å². The van der Waals surface area contributed by atoms with Crippen molar-refractivity contribution in [1.82, 2.24) is 9.38 Å². The molecule has 3 heteroatoms. The number of imidazole rings is 1. The highest BCUT2D eigenvalue weighted by atomic mass is 15.1. The van der Waals surface area contributed by atoms with Crippen LogP contribution in [0, 0.1) is 0 Å². The average molecular weight is 259 g/mol. The van der Waals surface area contributed by atoms with Crippen LogP contribution in [0.15, 0.2) is 18.3 Å². The molecule has 2 aromatic rings. The summed E-state index contributed by atoms with van der Waals surface area (Å²) in [7, 11) is 4.12. The van der Waals surface area contributed by atoms with Crippen LogP contribution in [0.25, 0.3) is 5.65 Å². The summed E-state index contributed by atoms with van der Waals surface area (Å²) in [4.78, 5) is 7.00. The van der Waals surface area contributed by atoms with Crippen LogP contribution >= 0.6 is 0 Å². The van der Waals surface area contributed by atoms with Crippen LogP contribution in [0.4, 0.5) is 5.69 Å². The van der Waals surface area contributed by atoms with E-state index in [9.17, 15) is 0 Å². The zero-order valence-corrected chi connectivity index (χ0v) is 13.2. The molecule has 0 aromatic carbocycles. The molecular formula is C16H25N3. The van der Waals surface area contributed by atoms with Gasteiger partial charge >= 0.3 is 0 Å². The Bertz CT molecular complexity index is 586. The van der Waals surface area contributed by atoms with Gasteiger partial charge in [0.1, 0.15) is 5.65 Å². The molecule has 0 fully saturated rings. The third-order valence-electron chi connectivity index (χ3n) is 3.42. The highest BCUT2D eigenvalue weighted by Gasteiger charge is 2.25. The standard InChI is InChI=1S/C16H25N3/c1-11(2)14-15(16(3,4)5)17-13-10-12(18(6)7)8-9-19(13)14/h8-11H,1-7H3. The Hall–Kier alpha value is -1.51. The van der Waals surface area contributed by atoms with Crippen molar-refractivity contribution in [3.8, 4) is 0 Å². The number of rotatable bonds is 2. The van der Waals surface area contributed by atoms with Gasteiger partial charge in [-0.1, -0.05) is 34.6 Å². The molecule has 19 heavy (non-hydrogen) atoms. The van der Waals surface area contributed by atoms with Crippen molar-refractivity contribution < 1.29 is 0 Å². The first kappa shape index (κ1) is 13.9. The number of hydrogen-bond donors (Lipinski definition) is 0. The molecule has 0 spiro atoms. The first-order chi connectivity index (χ1) is 8.71. The number of fused-ring (bicyclic) bond motifs is 1. The summed E-state index contributed by atoms with van der Waals surface area (Å²) in [5.41, 5.74) is 4.84. The second-order valence-electron chi connectivity index (χ2n) is 6.76. The van der Waals surface area contributed by atoms with Crippen molar-refractivity contribution >= 4 is 11.3 Å². The van der Waals surface area contributed by atoms with E-state index in [1.807, 2.05) is 0 Å². The van der Waals surface area contributed by atoms with E-state index >= 15 is 0 Å². The number of hydrogen-bond acceptors (Lipinski definition) is 2. The van der Waals surface area contributed by atoms with E-state index in [2.05, 4.69) is 76.3 Å². The maximum atomic E-state index is 4.88. The lowest BCUT2D eigenvalue weighted by molar-refractivity contribution is 0.557. The molecule has 2 aromatic heterocycles. The van der Waals surface area contributed by atoms with Gasteiger partial charge in [-0.3, -0.25) is 0 Å². The Kier molecular flexibility index (Phi) is 3.33. The van der Waals surface area contributed by atoms with Gasteiger partial charge in [0, 0.05) is 43.2 Å². The third kappa shape index (κ3) is 2.46. The largest absolute Gasteiger partial charge is 0.378 e. The minimum Gasteiger partial charge on any atom is -0.378 e. The predicted molar refractivity (Wildman–Crippen MR) is 82.3 cm³/mol. The van der Waals surface area contributed by atoms with Gasteiger partial charge in [0.25, 0.3) is 0 Å². The quantitative estimate of drug-likeness (QED) is 0.817. The van der Waals surface area contributed by atoms with E-state index in [-0.39, 0.29) is 5.41 Å². The molecule has 0 saturated carbocycles. The minimum atomic E-state index is 0.0733. The summed E-state index contributed by atoms with van der Waals surface area (Å²) in [5.74, 6) is 0.467. The van der Waals surface area contributed by atoms with Gasteiger partial charge in [-0.25, -0.2) is 4.98 Å². The van der Waals surface area contributed by atoms with Crippen LogP contribution in [0.5, 0.6) is 0 Å². The van der Waals surface area contributed by atoms with Crippen molar-refractivity contribution in [2.75, 3.05) is 19.0 Å². The smallest absolute Gasteiger partial charge is 0.139 e. The van der Waals surface area contributed by atoms with Crippen LogP contribution in [0.3, 0.4) is 0 Å². The van der Waals surface area contributed by atoms with Crippen molar-refractivity contribution in [3.63, 3.8) is 0 Å². The molecule has 0 atom stereocenters. The Morgan fingerprint density at radius 1 is 1.21 bits per heavy atom. The summed E-state index contributed by atoms with van der Waals surface area (Å²) in [6.07, 6.45) is 2.14. The van der Waals surface area contributed by atoms with Gasteiger partial charge < -0.3 is 9.30 Å². The van der Waals surface area contributed by atoms with Gasteiger partial charge in [-0.2, -0.15) is 0 Å². The first-order valence-corrected chi connectivity index (χ1v) is 6.91.